The van der Waals surface area contributed by atoms with E-state index in [9.17, 15) is 4.79 Å². The molecule has 0 spiro atoms. The SMILES string of the molecule is O=C(CNC(c1cccs1)C1CCCC1)N1CCCCC1. The fourth-order valence-corrected chi connectivity index (χ4v) is 4.60. The summed E-state index contributed by atoms with van der Waals surface area (Å²) in [6, 6.07) is 4.71. The Bertz CT molecular complexity index is 434. The van der Waals surface area contributed by atoms with Gasteiger partial charge in [-0.15, -0.1) is 11.3 Å². The van der Waals surface area contributed by atoms with Crippen LogP contribution in [0.5, 0.6) is 0 Å². The third-order valence-electron chi connectivity index (χ3n) is 4.90. The highest BCUT2D eigenvalue weighted by molar-refractivity contribution is 7.10. The van der Waals surface area contributed by atoms with Gasteiger partial charge in [0.15, 0.2) is 0 Å². The third kappa shape index (κ3) is 3.86. The molecule has 1 aliphatic carbocycles. The van der Waals surface area contributed by atoms with E-state index in [1.54, 1.807) is 0 Å². The molecule has 2 fully saturated rings. The summed E-state index contributed by atoms with van der Waals surface area (Å²) in [7, 11) is 0. The van der Waals surface area contributed by atoms with Gasteiger partial charge >= 0.3 is 0 Å². The molecule has 1 saturated heterocycles. The lowest BCUT2D eigenvalue weighted by molar-refractivity contribution is -0.131. The molecule has 0 radical (unpaired) electrons. The topological polar surface area (TPSA) is 32.3 Å². The number of piperidine rings is 1. The van der Waals surface area contributed by atoms with E-state index < -0.39 is 0 Å². The van der Waals surface area contributed by atoms with Crippen molar-refractivity contribution >= 4 is 17.2 Å². The Balaban J connectivity index is 1.58. The van der Waals surface area contributed by atoms with Gasteiger partial charge in [0.25, 0.3) is 0 Å². The number of thiophene rings is 1. The summed E-state index contributed by atoms with van der Waals surface area (Å²) in [6.07, 6.45) is 8.89. The summed E-state index contributed by atoms with van der Waals surface area (Å²) >= 11 is 1.82. The molecule has 1 amide bonds. The highest BCUT2D eigenvalue weighted by atomic mass is 32.1. The lowest BCUT2D eigenvalue weighted by Crippen LogP contribution is -2.42. The van der Waals surface area contributed by atoms with Crippen LogP contribution < -0.4 is 5.32 Å². The standard InChI is InChI=1S/C17H26N2OS/c20-16(19-10-4-1-5-11-19)13-18-17(14-7-2-3-8-14)15-9-6-12-21-15/h6,9,12,14,17-18H,1-5,7-8,10-11,13H2. The molecule has 1 aliphatic heterocycles. The molecule has 1 saturated carbocycles. The van der Waals surface area contributed by atoms with Gasteiger partial charge in [0.05, 0.1) is 6.54 Å². The lowest BCUT2D eigenvalue weighted by Gasteiger charge is -2.29. The lowest BCUT2D eigenvalue weighted by atomic mass is 9.96. The van der Waals surface area contributed by atoms with Crippen LogP contribution in [0, 0.1) is 5.92 Å². The summed E-state index contributed by atoms with van der Waals surface area (Å²) in [5.41, 5.74) is 0. The molecule has 4 heteroatoms. The maximum Gasteiger partial charge on any atom is 0.236 e. The van der Waals surface area contributed by atoms with E-state index in [4.69, 9.17) is 0 Å². The Morgan fingerprint density at radius 3 is 2.67 bits per heavy atom. The van der Waals surface area contributed by atoms with Gasteiger partial charge < -0.3 is 10.2 Å². The van der Waals surface area contributed by atoms with Crippen molar-refractivity contribution in [1.29, 1.82) is 0 Å². The van der Waals surface area contributed by atoms with E-state index >= 15 is 0 Å². The Labute approximate surface area is 131 Å². The van der Waals surface area contributed by atoms with Crippen LogP contribution in [0.3, 0.4) is 0 Å². The molecule has 1 N–H and O–H groups in total. The molecular formula is C17H26N2OS. The van der Waals surface area contributed by atoms with E-state index in [0.29, 0.717) is 18.5 Å². The minimum Gasteiger partial charge on any atom is -0.342 e. The van der Waals surface area contributed by atoms with E-state index in [1.165, 1.54) is 49.8 Å². The van der Waals surface area contributed by atoms with Gasteiger partial charge in [-0.1, -0.05) is 18.9 Å². The van der Waals surface area contributed by atoms with Gasteiger partial charge in [-0.3, -0.25) is 4.79 Å². The molecule has 1 aromatic rings. The number of amides is 1. The first-order valence-corrected chi connectivity index (χ1v) is 9.27. The maximum atomic E-state index is 12.4. The summed E-state index contributed by atoms with van der Waals surface area (Å²) in [5.74, 6) is 0.993. The summed E-state index contributed by atoms with van der Waals surface area (Å²) in [6.45, 7) is 2.40. The zero-order valence-corrected chi connectivity index (χ0v) is 13.5. The zero-order valence-electron chi connectivity index (χ0n) is 12.7. The first-order chi connectivity index (χ1) is 10.3. The van der Waals surface area contributed by atoms with Crippen LogP contribution in [0.15, 0.2) is 17.5 Å². The molecular weight excluding hydrogens is 280 g/mol. The van der Waals surface area contributed by atoms with Gasteiger partial charge in [-0.2, -0.15) is 0 Å². The molecule has 3 nitrogen and oxygen atoms in total. The van der Waals surface area contributed by atoms with E-state index in [1.807, 2.05) is 16.2 Å². The van der Waals surface area contributed by atoms with Gasteiger partial charge in [-0.25, -0.2) is 0 Å². The van der Waals surface area contributed by atoms with Crippen molar-refractivity contribution in [1.82, 2.24) is 10.2 Å². The summed E-state index contributed by atoms with van der Waals surface area (Å²) < 4.78 is 0. The van der Waals surface area contributed by atoms with Crippen LogP contribution in [0.2, 0.25) is 0 Å². The number of rotatable bonds is 5. The number of carbonyl (C=O) groups excluding carboxylic acids is 1. The number of likely N-dealkylation sites (tertiary alicyclic amines) is 1. The molecule has 1 unspecified atom stereocenters. The number of hydrogen-bond acceptors (Lipinski definition) is 3. The first-order valence-electron chi connectivity index (χ1n) is 8.39. The molecule has 116 valence electrons. The molecule has 2 heterocycles. The molecule has 1 aromatic heterocycles. The summed E-state index contributed by atoms with van der Waals surface area (Å²) in [5, 5.41) is 5.72. The fraction of sp³-hybridized carbons (Fsp3) is 0.706. The predicted octanol–water partition coefficient (Wildman–Crippen LogP) is 3.58. The largest absolute Gasteiger partial charge is 0.342 e. The van der Waals surface area contributed by atoms with Crippen molar-refractivity contribution in [2.45, 2.75) is 51.0 Å². The van der Waals surface area contributed by atoms with E-state index in [2.05, 4.69) is 22.8 Å². The molecule has 1 atom stereocenters. The monoisotopic (exact) mass is 306 g/mol. The van der Waals surface area contributed by atoms with Crippen molar-refractivity contribution in [3.63, 3.8) is 0 Å². The molecule has 3 rings (SSSR count). The molecule has 0 bridgehead atoms. The third-order valence-corrected chi connectivity index (χ3v) is 5.86. The second-order valence-electron chi connectivity index (χ2n) is 6.36. The van der Waals surface area contributed by atoms with Crippen LogP contribution in [0.4, 0.5) is 0 Å². The highest BCUT2D eigenvalue weighted by Gasteiger charge is 2.28. The fourth-order valence-electron chi connectivity index (χ4n) is 3.71. The van der Waals surface area contributed by atoms with Crippen molar-refractivity contribution in [2.75, 3.05) is 19.6 Å². The number of nitrogens with zero attached hydrogens (tertiary/aromatic N) is 1. The average molecular weight is 306 g/mol. The van der Waals surface area contributed by atoms with Crippen molar-refractivity contribution in [2.24, 2.45) is 5.92 Å². The van der Waals surface area contributed by atoms with Crippen LogP contribution in [0.1, 0.15) is 55.9 Å². The van der Waals surface area contributed by atoms with Crippen LogP contribution >= 0.6 is 11.3 Å². The summed E-state index contributed by atoms with van der Waals surface area (Å²) in [4.78, 5) is 15.8. The van der Waals surface area contributed by atoms with Crippen molar-refractivity contribution < 1.29 is 4.79 Å². The minimum atomic E-state index is 0.286. The normalized spacial score (nSPS) is 21.6. The Kier molecular flexibility index (Phi) is 5.31. The smallest absolute Gasteiger partial charge is 0.236 e. The molecule has 0 aromatic carbocycles. The first kappa shape index (κ1) is 15.0. The Morgan fingerprint density at radius 1 is 1.24 bits per heavy atom. The second-order valence-corrected chi connectivity index (χ2v) is 7.34. The highest BCUT2D eigenvalue weighted by Crippen LogP contribution is 2.37. The van der Waals surface area contributed by atoms with Gasteiger partial charge in [0.2, 0.25) is 5.91 Å². The number of nitrogens with one attached hydrogen (secondary N) is 1. The molecule has 21 heavy (non-hydrogen) atoms. The van der Waals surface area contributed by atoms with Gasteiger partial charge in [0.1, 0.15) is 0 Å². The van der Waals surface area contributed by atoms with E-state index in [-0.39, 0.29) is 5.91 Å². The number of hydrogen-bond donors (Lipinski definition) is 1. The Morgan fingerprint density at radius 2 is 2.00 bits per heavy atom. The average Bonchev–Trinajstić information content (AvgIpc) is 3.22. The Hall–Kier alpha value is -0.870. The van der Waals surface area contributed by atoms with Crippen molar-refractivity contribution in [3.05, 3.63) is 22.4 Å². The van der Waals surface area contributed by atoms with Crippen LogP contribution in [-0.4, -0.2) is 30.4 Å². The zero-order chi connectivity index (χ0) is 14.5. The number of carbonyl (C=O) groups is 1. The van der Waals surface area contributed by atoms with E-state index in [0.717, 1.165) is 13.1 Å². The minimum absolute atomic E-state index is 0.286. The van der Waals surface area contributed by atoms with Crippen LogP contribution in [-0.2, 0) is 4.79 Å². The molecule has 2 aliphatic rings. The predicted molar refractivity (Wildman–Crippen MR) is 87.5 cm³/mol. The van der Waals surface area contributed by atoms with Gasteiger partial charge in [0, 0.05) is 24.0 Å². The van der Waals surface area contributed by atoms with Crippen LogP contribution in [0.25, 0.3) is 0 Å². The quantitative estimate of drug-likeness (QED) is 0.902. The van der Waals surface area contributed by atoms with Crippen molar-refractivity contribution in [3.8, 4) is 0 Å². The maximum absolute atomic E-state index is 12.4. The second kappa shape index (κ2) is 7.41. The van der Waals surface area contributed by atoms with Gasteiger partial charge in [-0.05, 0) is 49.5 Å².